The first-order valence-electron chi connectivity index (χ1n) is 9.87. The lowest BCUT2D eigenvalue weighted by molar-refractivity contribution is -0.0537. The van der Waals surface area contributed by atoms with E-state index in [2.05, 4.69) is 0 Å². The molecule has 2 saturated heterocycles. The van der Waals surface area contributed by atoms with E-state index in [-0.39, 0.29) is 24.8 Å². The lowest BCUT2D eigenvalue weighted by Gasteiger charge is -2.43. The minimum absolute atomic E-state index is 0.000628. The highest BCUT2D eigenvalue weighted by atomic mass is 16.6. The molecule has 0 spiro atoms. The van der Waals surface area contributed by atoms with Crippen LogP contribution in [0.15, 0.2) is 48.5 Å². The van der Waals surface area contributed by atoms with Crippen molar-refractivity contribution in [2.24, 2.45) is 0 Å². The summed E-state index contributed by atoms with van der Waals surface area (Å²) in [4.78, 5) is 14.6. The van der Waals surface area contributed by atoms with Gasteiger partial charge in [-0.3, -0.25) is 0 Å². The zero-order valence-electron chi connectivity index (χ0n) is 16.4. The number of methoxy groups -OCH3 is 1. The predicted octanol–water partition coefficient (Wildman–Crippen LogP) is 4.15. The van der Waals surface area contributed by atoms with Gasteiger partial charge >= 0.3 is 6.09 Å². The molecule has 2 unspecified atom stereocenters. The Morgan fingerprint density at radius 3 is 2.46 bits per heavy atom. The number of hydrogen-bond donors (Lipinski definition) is 1. The van der Waals surface area contributed by atoms with Gasteiger partial charge in [-0.25, -0.2) is 4.79 Å². The zero-order chi connectivity index (χ0) is 19.7. The molecule has 2 bridgehead atoms. The second-order valence-corrected chi connectivity index (χ2v) is 7.96. The molecule has 4 rings (SSSR count). The highest BCUT2D eigenvalue weighted by Gasteiger charge is 2.50. The van der Waals surface area contributed by atoms with Gasteiger partial charge < -0.3 is 19.5 Å². The molecule has 5 heteroatoms. The molecule has 2 aromatic rings. The fraction of sp³-hybridized carbons (Fsp3) is 0.435. The van der Waals surface area contributed by atoms with Gasteiger partial charge in [-0.1, -0.05) is 42.5 Å². The Balaban J connectivity index is 1.47. The first kappa shape index (κ1) is 18.8. The Kier molecular flexibility index (Phi) is 5.02. The summed E-state index contributed by atoms with van der Waals surface area (Å²) >= 11 is 0. The lowest BCUT2D eigenvalue weighted by Crippen LogP contribution is -2.52. The van der Waals surface area contributed by atoms with E-state index < -0.39 is 5.60 Å². The number of fused-ring (bicyclic) bond motifs is 2. The molecule has 0 aliphatic carbocycles. The number of benzene rings is 2. The van der Waals surface area contributed by atoms with Crippen molar-refractivity contribution in [1.82, 2.24) is 4.90 Å². The standard InChI is InChI=1S/C23H27NO4/c1-16-8-9-18(12-21(16)27-2)23(26)13-19-10-11-20(14-23)24(19)22(25)28-15-17-6-4-3-5-7-17/h3-9,12,19-20,26H,10-11,13-15H2,1-2H3. The molecule has 2 heterocycles. The second kappa shape index (κ2) is 7.47. The predicted molar refractivity (Wildman–Crippen MR) is 106 cm³/mol. The molecule has 2 aliphatic rings. The van der Waals surface area contributed by atoms with Crippen molar-refractivity contribution in [2.45, 2.75) is 56.9 Å². The van der Waals surface area contributed by atoms with E-state index in [0.717, 1.165) is 35.3 Å². The number of amides is 1. The van der Waals surface area contributed by atoms with E-state index >= 15 is 0 Å². The molecule has 0 saturated carbocycles. The molecule has 2 atom stereocenters. The number of hydrogen-bond acceptors (Lipinski definition) is 4. The van der Waals surface area contributed by atoms with Crippen molar-refractivity contribution in [2.75, 3.05) is 7.11 Å². The normalized spacial score (nSPS) is 26.2. The Labute approximate surface area is 165 Å². The number of ether oxygens (including phenoxy) is 2. The van der Waals surface area contributed by atoms with E-state index in [1.807, 2.05) is 60.4 Å². The van der Waals surface area contributed by atoms with Crippen LogP contribution in [0.5, 0.6) is 5.75 Å². The summed E-state index contributed by atoms with van der Waals surface area (Å²) in [7, 11) is 1.64. The third kappa shape index (κ3) is 3.47. The van der Waals surface area contributed by atoms with Crippen LogP contribution in [0.4, 0.5) is 4.79 Å². The second-order valence-electron chi connectivity index (χ2n) is 7.96. The van der Waals surface area contributed by atoms with Gasteiger partial charge in [0, 0.05) is 24.9 Å². The Bertz CT molecular complexity index is 837. The van der Waals surface area contributed by atoms with E-state index in [0.29, 0.717) is 12.8 Å². The van der Waals surface area contributed by atoms with Crippen LogP contribution in [0.25, 0.3) is 0 Å². The highest BCUT2D eigenvalue weighted by Crippen LogP contribution is 2.46. The summed E-state index contributed by atoms with van der Waals surface area (Å²) in [5, 5.41) is 11.4. The van der Waals surface area contributed by atoms with E-state index in [1.165, 1.54) is 0 Å². The molecule has 1 amide bonds. The summed E-state index contributed by atoms with van der Waals surface area (Å²) < 4.78 is 11.0. The Morgan fingerprint density at radius 1 is 1.14 bits per heavy atom. The van der Waals surface area contributed by atoms with Crippen LogP contribution in [0, 0.1) is 6.92 Å². The van der Waals surface area contributed by atoms with Crippen LogP contribution < -0.4 is 4.74 Å². The molecule has 2 aromatic carbocycles. The van der Waals surface area contributed by atoms with Crippen molar-refractivity contribution >= 4 is 6.09 Å². The van der Waals surface area contributed by atoms with Gasteiger partial charge in [0.1, 0.15) is 12.4 Å². The number of piperidine rings is 1. The van der Waals surface area contributed by atoms with E-state index in [9.17, 15) is 9.90 Å². The largest absolute Gasteiger partial charge is 0.496 e. The van der Waals surface area contributed by atoms with Gasteiger partial charge in [0.05, 0.1) is 12.7 Å². The Hall–Kier alpha value is -2.53. The quantitative estimate of drug-likeness (QED) is 0.864. The van der Waals surface area contributed by atoms with Crippen LogP contribution in [-0.2, 0) is 16.9 Å². The van der Waals surface area contributed by atoms with Gasteiger partial charge in [0.15, 0.2) is 0 Å². The van der Waals surface area contributed by atoms with Crippen molar-refractivity contribution < 1.29 is 19.4 Å². The van der Waals surface area contributed by atoms with Crippen LogP contribution in [0.2, 0.25) is 0 Å². The average Bonchev–Trinajstić information content (AvgIpc) is 2.99. The summed E-state index contributed by atoms with van der Waals surface area (Å²) in [6.45, 7) is 2.26. The number of nitrogens with zero attached hydrogens (tertiary/aromatic N) is 1. The lowest BCUT2D eigenvalue weighted by atomic mass is 9.80. The summed E-state index contributed by atoms with van der Waals surface area (Å²) in [6, 6.07) is 15.6. The summed E-state index contributed by atoms with van der Waals surface area (Å²) in [6.07, 6.45) is 2.57. The molecular weight excluding hydrogens is 354 g/mol. The first-order valence-corrected chi connectivity index (χ1v) is 9.87. The van der Waals surface area contributed by atoms with Gasteiger partial charge in [-0.05, 0) is 42.5 Å². The molecular formula is C23H27NO4. The molecule has 28 heavy (non-hydrogen) atoms. The van der Waals surface area contributed by atoms with Crippen LogP contribution in [0.1, 0.15) is 42.4 Å². The van der Waals surface area contributed by atoms with Gasteiger partial charge in [-0.2, -0.15) is 0 Å². The molecule has 1 N–H and O–H groups in total. The van der Waals surface area contributed by atoms with Crippen molar-refractivity contribution in [3.63, 3.8) is 0 Å². The van der Waals surface area contributed by atoms with Gasteiger partial charge in [-0.15, -0.1) is 0 Å². The number of aryl methyl sites for hydroxylation is 1. The van der Waals surface area contributed by atoms with Crippen molar-refractivity contribution in [3.05, 3.63) is 65.2 Å². The maximum atomic E-state index is 12.7. The van der Waals surface area contributed by atoms with E-state index in [1.54, 1.807) is 7.11 Å². The minimum Gasteiger partial charge on any atom is -0.496 e. The third-order valence-electron chi connectivity index (χ3n) is 6.13. The fourth-order valence-electron chi connectivity index (χ4n) is 4.66. The van der Waals surface area contributed by atoms with Gasteiger partial charge in [0.25, 0.3) is 0 Å². The van der Waals surface area contributed by atoms with Crippen molar-refractivity contribution in [1.29, 1.82) is 0 Å². The maximum absolute atomic E-state index is 12.7. The van der Waals surface area contributed by atoms with Crippen LogP contribution >= 0.6 is 0 Å². The smallest absolute Gasteiger partial charge is 0.410 e. The van der Waals surface area contributed by atoms with E-state index in [4.69, 9.17) is 9.47 Å². The first-order chi connectivity index (χ1) is 13.5. The minimum atomic E-state index is -0.941. The number of carbonyl (C=O) groups excluding carboxylic acids is 1. The number of rotatable bonds is 4. The van der Waals surface area contributed by atoms with Crippen LogP contribution in [0.3, 0.4) is 0 Å². The van der Waals surface area contributed by atoms with Crippen LogP contribution in [-0.4, -0.2) is 35.3 Å². The molecule has 0 aromatic heterocycles. The highest BCUT2D eigenvalue weighted by molar-refractivity contribution is 5.69. The SMILES string of the molecule is COc1cc(C2(O)CC3CCC(C2)N3C(=O)OCc2ccccc2)ccc1C. The van der Waals surface area contributed by atoms with Crippen molar-refractivity contribution in [3.8, 4) is 5.75 Å². The number of aliphatic hydroxyl groups is 1. The molecule has 2 fully saturated rings. The number of carbonyl (C=O) groups is 1. The third-order valence-corrected chi connectivity index (χ3v) is 6.13. The summed E-state index contributed by atoms with van der Waals surface area (Å²) in [5.74, 6) is 0.781. The topological polar surface area (TPSA) is 59.0 Å². The molecule has 5 nitrogen and oxygen atoms in total. The molecule has 0 radical (unpaired) electrons. The zero-order valence-corrected chi connectivity index (χ0v) is 16.4. The average molecular weight is 381 g/mol. The molecule has 2 aliphatic heterocycles. The maximum Gasteiger partial charge on any atom is 0.410 e. The van der Waals surface area contributed by atoms with Gasteiger partial charge in [0.2, 0.25) is 0 Å². The molecule has 148 valence electrons. The monoisotopic (exact) mass is 381 g/mol. The summed E-state index contributed by atoms with van der Waals surface area (Å²) in [5.41, 5.74) is 1.94. The Morgan fingerprint density at radius 2 is 1.82 bits per heavy atom. The fourth-order valence-corrected chi connectivity index (χ4v) is 4.66.